The second-order valence-electron chi connectivity index (χ2n) is 5.59. The van der Waals surface area contributed by atoms with Crippen LogP contribution in [0.5, 0.6) is 5.75 Å². The Morgan fingerprint density at radius 1 is 1.30 bits per heavy atom. The first-order valence-corrected chi connectivity index (χ1v) is 7.81. The Hall–Kier alpha value is -1.89. The first kappa shape index (κ1) is 17.5. The molecule has 7 heteroatoms. The topological polar surface area (TPSA) is 70.6 Å². The molecule has 1 aromatic carbocycles. The lowest BCUT2D eigenvalue weighted by Crippen LogP contribution is -2.49. The molecule has 1 aliphatic rings. The van der Waals surface area contributed by atoms with E-state index in [9.17, 15) is 18.7 Å². The molecule has 1 aromatic rings. The zero-order valence-corrected chi connectivity index (χ0v) is 12.8. The van der Waals surface area contributed by atoms with Crippen molar-refractivity contribution in [3.05, 3.63) is 29.8 Å². The fourth-order valence-electron chi connectivity index (χ4n) is 2.73. The van der Waals surface area contributed by atoms with Crippen LogP contribution >= 0.6 is 0 Å². The number of carbonyl (C=O) groups is 1. The molecule has 0 heterocycles. The van der Waals surface area contributed by atoms with E-state index in [1.807, 2.05) is 0 Å². The molecule has 23 heavy (non-hydrogen) atoms. The number of carbonyl (C=O) groups excluding carboxylic acids is 1. The number of hydrogen-bond acceptors (Lipinski definition) is 3. The Kier molecular flexibility index (Phi) is 6.58. The van der Waals surface area contributed by atoms with Crippen LogP contribution in [-0.2, 0) is 6.42 Å². The molecule has 0 saturated heterocycles. The number of halogens is 2. The summed E-state index contributed by atoms with van der Waals surface area (Å²) in [6.45, 7) is -2.58. The predicted molar refractivity (Wildman–Crippen MR) is 81.6 cm³/mol. The highest BCUT2D eigenvalue weighted by molar-refractivity contribution is 5.74. The van der Waals surface area contributed by atoms with Crippen LogP contribution in [-0.4, -0.2) is 36.4 Å². The number of rotatable bonds is 6. The van der Waals surface area contributed by atoms with Crippen molar-refractivity contribution in [2.24, 2.45) is 0 Å². The van der Waals surface area contributed by atoms with E-state index in [0.717, 1.165) is 19.3 Å². The second kappa shape index (κ2) is 8.67. The van der Waals surface area contributed by atoms with Gasteiger partial charge < -0.3 is 20.5 Å². The molecule has 2 atom stereocenters. The van der Waals surface area contributed by atoms with Crippen molar-refractivity contribution in [3.8, 4) is 5.75 Å². The lowest BCUT2D eigenvalue weighted by molar-refractivity contribution is -0.0504. The molecule has 0 aliphatic heterocycles. The molecule has 128 valence electrons. The van der Waals surface area contributed by atoms with Crippen molar-refractivity contribution in [3.63, 3.8) is 0 Å². The van der Waals surface area contributed by atoms with Crippen LogP contribution in [0.2, 0.25) is 0 Å². The molecule has 1 saturated carbocycles. The average molecular weight is 328 g/mol. The van der Waals surface area contributed by atoms with Gasteiger partial charge in [0.25, 0.3) is 0 Å². The van der Waals surface area contributed by atoms with Crippen LogP contribution in [0.4, 0.5) is 13.6 Å². The van der Waals surface area contributed by atoms with Crippen LogP contribution in [0.3, 0.4) is 0 Å². The normalized spacial score (nSPS) is 21.0. The van der Waals surface area contributed by atoms with E-state index in [-0.39, 0.29) is 24.4 Å². The van der Waals surface area contributed by atoms with Gasteiger partial charge in [-0.2, -0.15) is 8.78 Å². The number of aliphatic hydroxyl groups is 1. The summed E-state index contributed by atoms with van der Waals surface area (Å²) in [5.74, 6) is 0.118. The molecular formula is C16H22F2N2O3. The molecule has 2 rings (SSSR count). The minimum absolute atomic E-state index is 0.118. The molecule has 0 radical (unpaired) electrons. The second-order valence-corrected chi connectivity index (χ2v) is 5.59. The van der Waals surface area contributed by atoms with Gasteiger partial charge in [0.05, 0.1) is 12.1 Å². The van der Waals surface area contributed by atoms with Gasteiger partial charge in [-0.15, -0.1) is 0 Å². The molecule has 0 unspecified atom stereocenters. The quantitative estimate of drug-likeness (QED) is 0.751. The monoisotopic (exact) mass is 328 g/mol. The van der Waals surface area contributed by atoms with E-state index in [1.165, 1.54) is 6.07 Å². The molecular weight excluding hydrogens is 306 g/mol. The predicted octanol–water partition coefficient (Wildman–Crippen LogP) is 2.43. The summed E-state index contributed by atoms with van der Waals surface area (Å²) in [4.78, 5) is 11.8. The van der Waals surface area contributed by atoms with Crippen molar-refractivity contribution in [2.45, 2.75) is 50.9 Å². The van der Waals surface area contributed by atoms with Crippen LogP contribution in [0.15, 0.2) is 24.3 Å². The van der Waals surface area contributed by atoms with Gasteiger partial charge in [0.15, 0.2) is 0 Å². The zero-order chi connectivity index (χ0) is 16.7. The van der Waals surface area contributed by atoms with Gasteiger partial charge in [0.2, 0.25) is 0 Å². The Bertz CT molecular complexity index is 514. The summed E-state index contributed by atoms with van der Waals surface area (Å²) in [6, 6.07) is 5.92. The highest BCUT2D eigenvalue weighted by Crippen LogP contribution is 2.20. The number of amides is 2. The van der Waals surface area contributed by atoms with Crippen molar-refractivity contribution < 1.29 is 23.4 Å². The van der Waals surface area contributed by atoms with Gasteiger partial charge in [-0.05, 0) is 30.9 Å². The lowest BCUT2D eigenvalue weighted by Gasteiger charge is -2.28. The molecule has 0 aromatic heterocycles. The van der Waals surface area contributed by atoms with Gasteiger partial charge in [0.1, 0.15) is 5.75 Å². The number of para-hydroxylation sites is 1. The highest BCUT2D eigenvalue weighted by Gasteiger charge is 2.24. The fraction of sp³-hybridized carbons (Fsp3) is 0.562. The molecule has 0 bridgehead atoms. The van der Waals surface area contributed by atoms with Gasteiger partial charge in [-0.3, -0.25) is 0 Å². The maximum absolute atomic E-state index is 12.3. The van der Waals surface area contributed by atoms with Gasteiger partial charge >= 0.3 is 12.6 Å². The summed E-state index contributed by atoms with van der Waals surface area (Å²) in [5, 5.41) is 15.2. The number of nitrogens with one attached hydrogen (secondary N) is 2. The van der Waals surface area contributed by atoms with Crippen LogP contribution < -0.4 is 15.4 Å². The molecule has 3 N–H and O–H groups in total. The molecule has 5 nitrogen and oxygen atoms in total. The Labute approximate surface area is 134 Å². The molecule has 1 fully saturated rings. The van der Waals surface area contributed by atoms with Crippen molar-refractivity contribution in [2.75, 3.05) is 6.54 Å². The van der Waals surface area contributed by atoms with Crippen molar-refractivity contribution in [1.29, 1.82) is 0 Å². The summed E-state index contributed by atoms with van der Waals surface area (Å²) >= 11 is 0. The lowest BCUT2D eigenvalue weighted by atomic mass is 9.93. The number of ether oxygens (including phenoxy) is 1. The Morgan fingerprint density at radius 2 is 2.04 bits per heavy atom. The zero-order valence-electron chi connectivity index (χ0n) is 12.8. The minimum Gasteiger partial charge on any atom is -0.435 e. The van der Waals surface area contributed by atoms with Crippen molar-refractivity contribution >= 4 is 6.03 Å². The summed E-state index contributed by atoms with van der Waals surface area (Å²) in [5.41, 5.74) is 0.603. The SMILES string of the molecule is O=C(NCCc1ccccc1OC(F)F)N[C@@H]1CCCC[C@@H]1O. The molecule has 2 amide bonds. The highest BCUT2D eigenvalue weighted by atomic mass is 19.3. The maximum Gasteiger partial charge on any atom is 0.387 e. The molecule has 0 spiro atoms. The number of urea groups is 1. The summed E-state index contributed by atoms with van der Waals surface area (Å²) < 4.78 is 29.1. The fourth-order valence-corrected chi connectivity index (χ4v) is 2.73. The van der Waals surface area contributed by atoms with E-state index < -0.39 is 12.7 Å². The Balaban J connectivity index is 1.77. The number of alkyl halides is 2. The first-order valence-electron chi connectivity index (χ1n) is 7.81. The average Bonchev–Trinajstić information content (AvgIpc) is 2.51. The third kappa shape index (κ3) is 5.67. The van der Waals surface area contributed by atoms with E-state index in [2.05, 4.69) is 15.4 Å². The third-order valence-corrected chi connectivity index (χ3v) is 3.91. The minimum atomic E-state index is -2.87. The van der Waals surface area contributed by atoms with Gasteiger partial charge in [-0.1, -0.05) is 31.0 Å². The third-order valence-electron chi connectivity index (χ3n) is 3.91. The van der Waals surface area contributed by atoms with Crippen LogP contribution in [0, 0.1) is 0 Å². The largest absolute Gasteiger partial charge is 0.435 e. The van der Waals surface area contributed by atoms with Gasteiger partial charge in [0, 0.05) is 6.54 Å². The van der Waals surface area contributed by atoms with E-state index in [4.69, 9.17) is 0 Å². The van der Waals surface area contributed by atoms with Crippen LogP contribution in [0.25, 0.3) is 0 Å². The standard InChI is InChI=1S/C16H22F2N2O3/c17-15(18)23-14-8-4-1-5-11(14)9-10-19-16(22)20-12-6-2-3-7-13(12)21/h1,4-5,8,12-13,15,21H,2-3,6-7,9-10H2,(H2,19,20,22)/t12-,13+/m1/s1. The summed E-state index contributed by atoms with van der Waals surface area (Å²) in [6.07, 6.45) is 3.30. The van der Waals surface area contributed by atoms with E-state index >= 15 is 0 Å². The Morgan fingerprint density at radius 3 is 2.78 bits per heavy atom. The van der Waals surface area contributed by atoms with Crippen molar-refractivity contribution in [1.82, 2.24) is 10.6 Å². The van der Waals surface area contributed by atoms with Gasteiger partial charge in [-0.25, -0.2) is 4.79 Å². The first-order chi connectivity index (χ1) is 11.1. The van der Waals surface area contributed by atoms with E-state index in [1.54, 1.807) is 18.2 Å². The number of hydrogen-bond donors (Lipinski definition) is 3. The number of benzene rings is 1. The summed E-state index contributed by atoms with van der Waals surface area (Å²) in [7, 11) is 0. The van der Waals surface area contributed by atoms with Crippen LogP contribution in [0.1, 0.15) is 31.2 Å². The maximum atomic E-state index is 12.3. The molecule has 1 aliphatic carbocycles. The smallest absolute Gasteiger partial charge is 0.387 e. The van der Waals surface area contributed by atoms with E-state index in [0.29, 0.717) is 18.4 Å². The number of aliphatic hydroxyl groups excluding tert-OH is 1.